The van der Waals surface area contributed by atoms with Crippen molar-refractivity contribution >= 4 is 0 Å². The zero-order valence-electron chi connectivity index (χ0n) is 11.4. The Hall–Kier alpha value is -0.120. The molecule has 0 bridgehead atoms. The highest BCUT2D eigenvalue weighted by Gasteiger charge is 2.35. The molecule has 0 fully saturated rings. The van der Waals surface area contributed by atoms with Gasteiger partial charge in [-0.1, -0.05) is 20.8 Å². The van der Waals surface area contributed by atoms with Gasteiger partial charge in [0.1, 0.15) is 0 Å². The minimum absolute atomic E-state index is 0.0952. The van der Waals surface area contributed by atoms with Gasteiger partial charge >= 0.3 is 0 Å². The Bertz CT molecular complexity index is 189. The fourth-order valence-corrected chi connectivity index (χ4v) is 1.78. The maximum atomic E-state index is 5.88. The molecule has 3 nitrogen and oxygen atoms in total. The lowest BCUT2D eigenvalue weighted by Crippen LogP contribution is -2.58. The third kappa shape index (κ3) is 4.09. The molecule has 0 saturated heterocycles. The number of methoxy groups -OCH3 is 1. The van der Waals surface area contributed by atoms with E-state index in [1.165, 1.54) is 0 Å². The predicted octanol–water partition coefficient (Wildman–Crippen LogP) is 1.72. The van der Waals surface area contributed by atoms with Crippen LogP contribution in [0.3, 0.4) is 0 Å². The molecule has 2 atom stereocenters. The van der Waals surface area contributed by atoms with Gasteiger partial charge in [0.25, 0.3) is 0 Å². The number of likely N-dealkylation sites (N-methyl/N-ethyl adjacent to an activating group) is 1. The second kappa shape index (κ2) is 5.28. The summed E-state index contributed by atoms with van der Waals surface area (Å²) < 4.78 is 5.42. The number of rotatable bonds is 5. The normalized spacial score (nSPS) is 19.0. The maximum Gasteiger partial charge on any atom is 0.0736 e. The monoisotopic (exact) mass is 216 g/mol. The first-order valence-corrected chi connectivity index (χ1v) is 5.61. The molecule has 3 heteroatoms. The number of hydrogen-bond donors (Lipinski definition) is 1. The molecule has 0 saturated carbocycles. The van der Waals surface area contributed by atoms with Crippen LogP contribution in [0.1, 0.15) is 34.6 Å². The zero-order chi connectivity index (χ0) is 12.3. The average Bonchev–Trinajstić information content (AvgIpc) is 2.12. The first kappa shape index (κ1) is 14.9. The lowest BCUT2D eigenvalue weighted by atomic mass is 9.89. The molecule has 0 amide bonds. The molecule has 0 aliphatic rings. The van der Waals surface area contributed by atoms with Crippen LogP contribution in [0.5, 0.6) is 0 Å². The fourth-order valence-electron chi connectivity index (χ4n) is 1.78. The van der Waals surface area contributed by atoms with E-state index in [9.17, 15) is 0 Å². The Morgan fingerprint density at radius 2 is 1.73 bits per heavy atom. The Morgan fingerprint density at radius 1 is 1.27 bits per heavy atom. The SMILES string of the molecule is COC(C)C(C)(CN)N(C)CC(C)(C)C. The molecule has 2 N–H and O–H groups in total. The van der Waals surface area contributed by atoms with E-state index in [-0.39, 0.29) is 17.1 Å². The molecular weight excluding hydrogens is 188 g/mol. The predicted molar refractivity (Wildman–Crippen MR) is 66.0 cm³/mol. The molecule has 2 unspecified atom stereocenters. The molecule has 0 aliphatic carbocycles. The molecule has 0 spiro atoms. The van der Waals surface area contributed by atoms with Crippen molar-refractivity contribution in [1.29, 1.82) is 0 Å². The van der Waals surface area contributed by atoms with E-state index < -0.39 is 0 Å². The lowest BCUT2D eigenvalue weighted by molar-refractivity contribution is -0.0304. The molecule has 0 rings (SSSR count). The van der Waals surface area contributed by atoms with Gasteiger partial charge in [-0.25, -0.2) is 0 Å². The van der Waals surface area contributed by atoms with Crippen molar-refractivity contribution in [2.45, 2.75) is 46.3 Å². The third-order valence-electron chi connectivity index (χ3n) is 3.23. The van der Waals surface area contributed by atoms with Crippen LogP contribution >= 0.6 is 0 Å². The summed E-state index contributed by atoms with van der Waals surface area (Å²) in [5.41, 5.74) is 6.06. The number of hydrogen-bond acceptors (Lipinski definition) is 3. The van der Waals surface area contributed by atoms with Crippen LogP contribution in [0.15, 0.2) is 0 Å². The summed E-state index contributed by atoms with van der Waals surface area (Å²) in [6, 6.07) is 0. The first-order chi connectivity index (χ1) is 6.67. The van der Waals surface area contributed by atoms with Crippen molar-refractivity contribution in [2.24, 2.45) is 11.1 Å². The van der Waals surface area contributed by atoms with E-state index in [0.29, 0.717) is 6.54 Å². The van der Waals surface area contributed by atoms with Crippen LogP contribution in [0.25, 0.3) is 0 Å². The van der Waals surface area contributed by atoms with Crippen molar-refractivity contribution < 1.29 is 4.74 Å². The van der Waals surface area contributed by atoms with Crippen molar-refractivity contribution in [1.82, 2.24) is 4.90 Å². The minimum Gasteiger partial charge on any atom is -0.380 e. The summed E-state index contributed by atoms with van der Waals surface area (Å²) in [5.74, 6) is 0. The highest BCUT2D eigenvalue weighted by molar-refractivity contribution is 4.92. The van der Waals surface area contributed by atoms with Crippen molar-refractivity contribution in [3.63, 3.8) is 0 Å². The van der Waals surface area contributed by atoms with E-state index in [4.69, 9.17) is 10.5 Å². The second-order valence-electron chi connectivity index (χ2n) is 5.86. The van der Waals surface area contributed by atoms with E-state index in [0.717, 1.165) is 6.54 Å². The van der Waals surface area contributed by atoms with Crippen LogP contribution in [0, 0.1) is 5.41 Å². The Kier molecular flexibility index (Phi) is 5.24. The van der Waals surface area contributed by atoms with Crippen molar-refractivity contribution in [3.05, 3.63) is 0 Å². The standard InChI is InChI=1S/C12H28N2O/c1-10(15-7)12(5,8-13)14(6)9-11(2,3)4/h10H,8-9,13H2,1-7H3. The van der Waals surface area contributed by atoms with Gasteiger partial charge in [-0.2, -0.15) is 0 Å². The summed E-state index contributed by atoms with van der Waals surface area (Å²) in [6.45, 7) is 12.6. The molecule has 92 valence electrons. The molecular formula is C12H28N2O. The molecule has 0 aromatic carbocycles. The van der Waals surface area contributed by atoms with Crippen molar-refractivity contribution in [3.8, 4) is 0 Å². The van der Waals surface area contributed by atoms with Gasteiger partial charge < -0.3 is 10.5 Å². The largest absolute Gasteiger partial charge is 0.380 e. The number of nitrogens with two attached hydrogens (primary N) is 1. The first-order valence-electron chi connectivity index (χ1n) is 5.61. The fraction of sp³-hybridized carbons (Fsp3) is 1.00. The Labute approximate surface area is 95.0 Å². The number of nitrogens with zero attached hydrogens (tertiary/aromatic N) is 1. The van der Waals surface area contributed by atoms with Gasteiger partial charge in [-0.05, 0) is 26.3 Å². The summed E-state index contributed by atoms with van der Waals surface area (Å²) in [5, 5.41) is 0. The van der Waals surface area contributed by atoms with Crippen LogP contribution in [0.2, 0.25) is 0 Å². The van der Waals surface area contributed by atoms with Gasteiger partial charge in [0.2, 0.25) is 0 Å². The summed E-state index contributed by atoms with van der Waals surface area (Å²) in [4.78, 5) is 2.31. The van der Waals surface area contributed by atoms with Crippen LogP contribution < -0.4 is 5.73 Å². The quantitative estimate of drug-likeness (QED) is 0.760. The average molecular weight is 216 g/mol. The van der Waals surface area contributed by atoms with Crippen molar-refractivity contribution in [2.75, 3.05) is 27.2 Å². The molecule has 0 aliphatic heterocycles. The van der Waals surface area contributed by atoms with Gasteiger partial charge in [-0.15, -0.1) is 0 Å². The van der Waals surface area contributed by atoms with E-state index >= 15 is 0 Å². The van der Waals surface area contributed by atoms with E-state index in [1.54, 1.807) is 7.11 Å². The smallest absolute Gasteiger partial charge is 0.0736 e. The number of ether oxygens (including phenoxy) is 1. The Balaban J connectivity index is 4.65. The van der Waals surface area contributed by atoms with E-state index in [2.05, 4.69) is 46.6 Å². The molecule has 0 heterocycles. The maximum absolute atomic E-state index is 5.88. The molecule has 15 heavy (non-hydrogen) atoms. The van der Waals surface area contributed by atoms with Crippen LogP contribution in [0.4, 0.5) is 0 Å². The Morgan fingerprint density at radius 3 is 2.00 bits per heavy atom. The highest BCUT2D eigenvalue weighted by Crippen LogP contribution is 2.24. The molecule has 0 aromatic rings. The second-order valence-corrected chi connectivity index (χ2v) is 5.86. The van der Waals surface area contributed by atoms with Gasteiger partial charge in [0.05, 0.1) is 11.6 Å². The van der Waals surface area contributed by atoms with Crippen LogP contribution in [-0.2, 0) is 4.74 Å². The van der Waals surface area contributed by atoms with Gasteiger partial charge in [-0.3, -0.25) is 4.90 Å². The van der Waals surface area contributed by atoms with Gasteiger partial charge in [0, 0.05) is 20.2 Å². The summed E-state index contributed by atoms with van der Waals surface area (Å²) in [6.07, 6.45) is 0.134. The topological polar surface area (TPSA) is 38.5 Å². The highest BCUT2D eigenvalue weighted by atomic mass is 16.5. The third-order valence-corrected chi connectivity index (χ3v) is 3.23. The molecule has 0 aromatic heterocycles. The van der Waals surface area contributed by atoms with Crippen LogP contribution in [-0.4, -0.2) is 43.8 Å². The zero-order valence-corrected chi connectivity index (χ0v) is 11.4. The summed E-state index contributed by atoms with van der Waals surface area (Å²) in [7, 11) is 3.86. The summed E-state index contributed by atoms with van der Waals surface area (Å²) >= 11 is 0. The van der Waals surface area contributed by atoms with E-state index in [1.807, 2.05) is 0 Å². The minimum atomic E-state index is -0.0952. The van der Waals surface area contributed by atoms with Gasteiger partial charge in [0.15, 0.2) is 0 Å². The lowest BCUT2D eigenvalue weighted by Gasteiger charge is -2.44. The molecule has 0 radical (unpaired) electrons.